The summed E-state index contributed by atoms with van der Waals surface area (Å²) >= 11 is 12.2. The Balaban J connectivity index is 1.39. The van der Waals surface area contributed by atoms with Crippen molar-refractivity contribution >= 4 is 35.2 Å². The third-order valence-electron chi connectivity index (χ3n) is 4.97. The number of halogens is 2. The maximum Gasteiger partial charge on any atom is 0.357 e. The van der Waals surface area contributed by atoms with Crippen LogP contribution >= 0.6 is 23.2 Å². The highest BCUT2D eigenvalue weighted by Gasteiger charge is 2.25. The fourth-order valence-corrected chi connectivity index (χ4v) is 3.92. The molecule has 1 N–H and O–H groups in total. The van der Waals surface area contributed by atoms with Gasteiger partial charge in [-0.15, -0.1) is 0 Å². The molecule has 1 saturated heterocycles. The van der Waals surface area contributed by atoms with Crippen molar-refractivity contribution in [2.45, 2.75) is 6.54 Å². The summed E-state index contributed by atoms with van der Waals surface area (Å²) in [7, 11) is 0. The zero-order valence-corrected chi connectivity index (χ0v) is 17.8. The number of aromatic carboxylic acids is 1. The molecule has 1 fully saturated rings. The smallest absolute Gasteiger partial charge is 0.357 e. The Labute approximate surface area is 187 Å². The predicted molar refractivity (Wildman–Crippen MR) is 114 cm³/mol. The maximum atomic E-state index is 12.6. The summed E-state index contributed by atoms with van der Waals surface area (Å²) in [5.41, 5.74) is 2.55. The van der Waals surface area contributed by atoms with Gasteiger partial charge >= 0.3 is 12.0 Å². The molecule has 0 saturated carbocycles. The molecular weight excluding hydrogens is 443 g/mol. The van der Waals surface area contributed by atoms with Crippen LogP contribution in [0.15, 0.2) is 43.1 Å². The molecule has 4 rings (SSSR count). The Kier molecular flexibility index (Phi) is 6.17. The first-order chi connectivity index (χ1) is 14.9. The second-order valence-electron chi connectivity index (χ2n) is 7.10. The van der Waals surface area contributed by atoms with E-state index in [1.54, 1.807) is 17.3 Å². The van der Waals surface area contributed by atoms with E-state index >= 15 is 0 Å². The predicted octanol–water partition coefficient (Wildman–Crippen LogP) is 3.13. The van der Waals surface area contributed by atoms with Gasteiger partial charge in [0.25, 0.3) is 0 Å². The zero-order chi connectivity index (χ0) is 22.0. The average Bonchev–Trinajstić information content (AvgIpc) is 3.16. The number of benzene rings is 1. The van der Waals surface area contributed by atoms with E-state index in [2.05, 4.69) is 26.0 Å². The molecule has 0 aliphatic carbocycles. The van der Waals surface area contributed by atoms with Crippen molar-refractivity contribution in [2.24, 2.45) is 0 Å². The van der Waals surface area contributed by atoms with E-state index in [-0.39, 0.29) is 10.7 Å². The molecule has 1 amide bonds. The quantitative estimate of drug-likeness (QED) is 0.637. The van der Waals surface area contributed by atoms with Gasteiger partial charge in [-0.3, -0.25) is 4.90 Å². The molecule has 160 valence electrons. The van der Waals surface area contributed by atoms with Gasteiger partial charge in [-0.25, -0.2) is 19.6 Å². The molecule has 0 atom stereocenters. The summed E-state index contributed by atoms with van der Waals surface area (Å²) in [4.78, 5) is 35.7. The lowest BCUT2D eigenvalue weighted by Crippen LogP contribution is -2.49. The van der Waals surface area contributed by atoms with Gasteiger partial charge in [0.2, 0.25) is 0 Å². The highest BCUT2D eigenvalue weighted by atomic mass is 35.5. The monoisotopic (exact) mass is 460 g/mol. The standard InChI is InChI=1S/C20H18Cl2N6O3/c21-16-6-13(5-14(7-16)15-8-23-12-24-9-15)10-26-1-3-27(4-2-26)20(31)28-11-17(22)18(25-28)19(29)30/h5-9,11-12H,1-4,10H2,(H,29,30). The number of carbonyl (C=O) groups is 2. The number of piperazine rings is 1. The van der Waals surface area contributed by atoms with Crippen molar-refractivity contribution in [2.75, 3.05) is 26.2 Å². The molecular formula is C20H18Cl2N6O3. The Morgan fingerprint density at radius 1 is 1.00 bits per heavy atom. The Hall–Kier alpha value is -3.01. The number of carboxylic acids is 1. The highest BCUT2D eigenvalue weighted by Crippen LogP contribution is 2.25. The van der Waals surface area contributed by atoms with Crippen LogP contribution in [0.25, 0.3) is 11.1 Å². The van der Waals surface area contributed by atoms with Crippen molar-refractivity contribution < 1.29 is 14.7 Å². The van der Waals surface area contributed by atoms with Gasteiger partial charge in [0, 0.05) is 55.7 Å². The molecule has 3 heterocycles. The van der Waals surface area contributed by atoms with E-state index in [0.29, 0.717) is 37.7 Å². The summed E-state index contributed by atoms with van der Waals surface area (Å²) in [5.74, 6) is -1.27. The van der Waals surface area contributed by atoms with Gasteiger partial charge in [-0.05, 0) is 29.3 Å². The van der Waals surface area contributed by atoms with Crippen molar-refractivity contribution in [1.29, 1.82) is 0 Å². The van der Waals surface area contributed by atoms with Crippen LogP contribution in [0.3, 0.4) is 0 Å². The zero-order valence-electron chi connectivity index (χ0n) is 16.3. The second-order valence-corrected chi connectivity index (χ2v) is 7.94. The largest absolute Gasteiger partial charge is 0.476 e. The van der Waals surface area contributed by atoms with Gasteiger partial charge in [-0.1, -0.05) is 23.2 Å². The average molecular weight is 461 g/mol. The lowest BCUT2D eigenvalue weighted by atomic mass is 10.1. The van der Waals surface area contributed by atoms with Crippen molar-refractivity contribution in [1.82, 2.24) is 29.5 Å². The van der Waals surface area contributed by atoms with Gasteiger partial charge < -0.3 is 10.0 Å². The third-order valence-corrected chi connectivity index (χ3v) is 5.46. The number of rotatable bonds is 4. The highest BCUT2D eigenvalue weighted by molar-refractivity contribution is 6.33. The molecule has 1 aliphatic heterocycles. The minimum absolute atomic E-state index is 0.0694. The fraction of sp³-hybridized carbons (Fsp3) is 0.250. The molecule has 3 aromatic rings. The van der Waals surface area contributed by atoms with Crippen LogP contribution in [0.5, 0.6) is 0 Å². The van der Waals surface area contributed by atoms with E-state index in [0.717, 1.165) is 21.4 Å². The van der Waals surface area contributed by atoms with Gasteiger partial charge in [0.1, 0.15) is 6.33 Å². The molecule has 11 heteroatoms. The van der Waals surface area contributed by atoms with Gasteiger partial charge in [0.15, 0.2) is 5.69 Å². The number of hydrogen-bond acceptors (Lipinski definition) is 6. The summed E-state index contributed by atoms with van der Waals surface area (Å²) in [6.07, 6.45) is 6.18. The van der Waals surface area contributed by atoms with Crippen LogP contribution in [0.1, 0.15) is 16.1 Å². The summed E-state index contributed by atoms with van der Waals surface area (Å²) in [6.45, 7) is 2.96. The Morgan fingerprint density at radius 2 is 1.71 bits per heavy atom. The second kappa shape index (κ2) is 9.01. The van der Waals surface area contributed by atoms with Crippen LogP contribution in [0.4, 0.5) is 4.79 Å². The molecule has 0 unspecified atom stereocenters. The number of amides is 1. The van der Waals surface area contributed by atoms with Crippen LogP contribution in [0.2, 0.25) is 10.0 Å². The van der Waals surface area contributed by atoms with Crippen molar-refractivity contribution in [3.05, 3.63) is 64.4 Å². The van der Waals surface area contributed by atoms with Crippen LogP contribution in [-0.4, -0.2) is 72.8 Å². The molecule has 9 nitrogen and oxygen atoms in total. The molecule has 0 bridgehead atoms. The number of nitrogens with zero attached hydrogens (tertiary/aromatic N) is 6. The third kappa shape index (κ3) is 4.84. The first-order valence-electron chi connectivity index (χ1n) is 9.45. The number of hydrogen-bond donors (Lipinski definition) is 1. The fourth-order valence-electron chi connectivity index (χ4n) is 3.45. The van der Waals surface area contributed by atoms with E-state index in [1.165, 1.54) is 12.5 Å². The summed E-state index contributed by atoms with van der Waals surface area (Å²) in [6, 6.07) is 5.46. The van der Waals surface area contributed by atoms with Crippen molar-refractivity contribution in [3.8, 4) is 11.1 Å². The van der Waals surface area contributed by atoms with E-state index in [4.69, 9.17) is 28.3 Å². The Morgan fingerprint density at radius 3 is 2.35 bits per heavy atom. The molecule has 1 aromatic carbocycles. The molecule has 0 radical (unpaired) electrons. The first-order valence-corrected chi connectivity index (χ1v) is 10.2. The van der Waals surface area contributed by atoms with E-state index < -0.39 is 12.0 Å². The molecule has 1 aliphatic rings. The van der Waals surface area contributed by atoms with E-state index in [9.17, 15) is 9.59 Å². The summed E-state index contributed by atoms with van der Waals surface area (Å²) < 4.78 is 0.979. The molecule has 0 spiro atoms. The summed E-state index contributed by atoms with van der Waals surface area (Å²) in [5, 5.41) is 13.4. The van der Waals surface area contributed by atoms with Crippen molar-refractivity contribution in [3.63, 3.8) is 0 Å². The normalized spacial score (nSPS) is 14.6. The van der Waals surface area contributed by atoms with Crippen LogP contribution in [-0.2, 0) is 6.54 Å². The lowest BCUT2D eigenvalue weighted by molar-refractivity contribution is 0.0690. The number of aromatic nitrogens is 4. The minimum atomic E-state index is -1.27. The topological polar surface area (TPSA) is 104 Å². The SMILES string of the molecule is O=C(O)c1nn(C(=O)N2CCN(Cc3cc(Cl)cc(-c4cncnc4)c3)CC2)cc1Cl. The van der Waals surface area contributed by atoms with E-state index in [1.807, 2.05) is 12.1 Å². The molecule has 31 heavy (non-hydrogen) atoms. The Bertz CT molecular complexity index is 1110. The molecule has 2 aromatic heterocycles. The number of carbonyl (C=O) groups excluding carboxylic acids is 1. The minimum Gasteiger partial charge on any atom is -0.476 e. The first kappa shape index (κ1) is 21.2. The van der Waals surface area contributed by atoms with Gasteiger partial charge in [0.05, 0.1) is 11.2 Å². The van der Waals surface area contributed by atoms with Crippen LogP contribution < -0.4 is 0 Å². The number of carboxylic acid groups (broad SMARTS) is 1. The van der Waals surface area contributed by atoms with Gasteiger partial charge in [-0.2, -0.15) is 9.78 Å². The van der Waals surface area contributed by atoms with Crippen LogP contribution in [0, 0.1) is 0 Å². The lowest BCUT2D eigenvalue weighted by Gasteiger charge is -2.34. The maximum absolute atomic E-state index is 12.6.